The molecule has 1 amide bonds. The monoisotopic (exact) mass is 388 g/mol. The maximum Gasteiger partial charge on any atom is 0.227 e. The van der Waals surface area contributed by atoms with Gasteiger partial charge in [0.05, 0.1) is 11.4 Å². The van der Waals surface area contributed by atoms with Gasteiger partial charge in [0.2, 0.25) is 5.91 Å². The van der Waals surface area contributed by atoms with Gasteiger partial charge in [-0.2, -0.15) is 5.10 Å². The molecular formula is C18H21BrN4O. The summed E-state index contributed by atoms with van der Waals surface area (Å²) >= 11 is 3.51. The predicted molar refractivity (Wildman–Crippen MR) is 99.2 cm³/mol. The van der Waals surface area contributed by atoms with Crippen LogP contribution in [-0.4, -0.2) is 29.2 Å². The number of rotatable bonds is 3. The third-order valence-electron chi connectivity index (χ3n) is 4.36. The third kappa shape index (κ3) is 3.93. The Labute approximate surface area is 150 Å². The van der Waals surface area contributed by atoms with Crippen molar-refractivity contribution in [1.29, 1.82) is 0 Å². The Hall–Kier alpha value is -1.95. The minimum absolute atomic E-state index is 0.0351. The number of carbonyl (C=O) groups is 1. The molecule has 5 nitrogen and oxygen atoms in total. The summed E-state index contributed by atoms with van der Waals surface area (Å²) in [6, 6.07) is 9.91. The normalized spacial score (nSPS) is 15.4. The topological polar surface area (TPSA) is 58.1 Å². The Kier molecular flexibility index (Phi) is 5.14. The average molecular weight is 389 g/mol. The van der Waals surface area contributed by atoms with E-state index < -0.39 is 0 Å². The van der Waals surface area contributed by atoms with Gasteiger partial charge in [0.15, 0.2) is 5.82 Å². The molecule has 0 atom stereocenters. The van der Waals surface area contributed by atoms with Gasteiger partial charge >= 0.3 is 0 Å². The molecule has 0 saturated carbocycles. The number of nitrogens with zero attached hydrogens (tertiary/aromatic N) is 3. The standard InChI is InChI=1S/C18H21BrN4O/c1-12-3-5-16(15(19)11-12)20-18(24)14-7-9-23(10-8-14)17-6-4-13(2)21-22-17/h3-6,11,14H,7-10H2,1-2H3,(H,20,24). The van der Waals surface area contributed by atoms with Gasteiger partial charge < -0.3 is 10.2 Å². The van der Waals surface area contributed by atoms with Crippen LogP contribution < -0.4 is 10.2 Å². The van der Waals surface area contributed by atoms with Crippen LogP contribution in [0.2, 0.25) is 0 Å². The SMILES string of the molecule is Cc1ccc(NC(=O)C2CCN(c3ccc(C)nn3)CC2)c(Br)c1. The molecular weight excluding hydrogens is 368 g/mol. The van der Waals surface area contributed by atoms with Crippen molar-refractivity contribution in [1.82, 2.24) is 10.2 Å². The molecule has 24 heavy (non-hydrogen) atoms. The van der Waals surface area contributed by atoms with Crippen molar-refractivity contribution in [2.24, 2.45) is 5.92 Å². The van der Waals surface area contributed by atoms with Crippen molar-refractivity contribution in [2.75, 3.05) is 23.3 Å². The quantitative estimate of drug-likeness (QED) is 0.870. The van der Waals surface area contributed by atoms with E-state index in [-0.39, 0.29) is 11.8 Å². The predicted octanol–water partition coefficient (Wildman–Crippen LogP) is 3.71. The largest absolute Gasteiger partial charge is 0.355 e. The first-order valence-corrected chi connectivity index (χ1v) is 8.94. The van der Waals surface area contributed by atoms with Gasteiger partial charge in [-0.15, -0.1) is 5.10 Å². The molecule has 1 fully saturated rings. The highest BCUT2D eigenvalue weighted by Gasteiger charge is 2.26. The number of halogens is 1. The number of hydrogen-bond acceptors (Lipinski definition) is 4. The van der Waals surface area contributed by atoms with E-state index in [1.165, 1.54) is 0 Å². The molecule has 2 aromatic rings. The second kappa shape index (κ2) is 7.30. The van der Waals surface area contributed by atoms with Gasteiger partial charge in [-0.3, -0.25) is 4.79 Å². The van der Waals surface area contributed by atoms with Crippen LogP contribution in [0.25, 0.3) is 0 Å². The molecule has 1 aromatic carbocycles. The van der Waals surface area contributed by atoms with Crippen molar-refractivity contribution >= 4 is 33.3 Å². The van der Waals surface area contributed by atoms with Gasteiger partial charge in [0, 0.05) is 23.5 Å². The minimum Gasteiger partial charge on any atom is -0.355 e. The van der Waals surface area contributed by atoms with E-state index in [1.54, 1.807) is 0 Å². The van der Waals surface area contributed by atoms with Crippen LogP contribution in [-0.2, 0) is 4.79 Å². The molecule has 1 aliphatic heterocycles. The second-order valence-electron chi connectivity index (χ2n) is 6.27. The number of aromatic nitrogens is 2. The maximum absolute atomic E-state index is 12.5. The van der Waals surface area contributed by atoms with E-state index in [2.05, 4.69) is 36.3 Å². The fourth-order valence-corrected chi connectivity index (χ4v) is 3.48. The first-order valence-electron chi connectivity index (χ1n) is 8.15. The Morgan fingerprint density at radius 2 is 1.92 bits per heavy atom. The number of carbonyl (C=O) groups excluding carboxylic acids is 1. The van der Waals surface area contributed by atoms with E-state index in [0.29, 0.717) is 0 Å². The highest BCUT2D eigenvalue weighted by Crippen LogP contribution is 2.26. The van der Waals surface area contributed by atoms with Gasteiger partial charge in [0.1, 0.15) is 0 Å². The minimum atomic E-state index is 0.0351. The van der Waals surface area contributed by atoms with Gasteiger partial charge in [-0.25, -0.2) is 0 Å². The lowest BCUT2D eigenvalue weighted by Gasteiger charge is -2.31. The van der Waals surface area contributed by atoms with Crippen molar-refractivity contribution in [3.05, 3.63) is 46.1 Å². The fraction of sp³-hybridized carbons (Fsp3) is 0.389. The summed E-state index contributed by atoms with van der Waals surface area (Å²) in [6.07, 6.45) is 1.65. The van der Waals surface area contributed by atoms with E-state index in [1.807, 2.05) is 44.2 Å². The number of anilines is 2. The second-order valence-corrected chi connectivity index (χ2v) is 7.12. The van der Waals surface area contributed by atoms with Crippen LogP contribution in [0.3, 0.4) is 0 Å². The van der Waals surface area contributed by atoms with Crippen molar-refractivity contribution in [3.8, 4) is 0 Å². The lowest BCUT2D eigenvalue weighted by molar-refractivity contribution is -0.120. The van der Waals surface area contributed by atoms with Crippen LogP contribution in [0.4, 0.5) is 11.5 Å². The molecule has 1 N–H and O–H groups in total. The molecule has 1 saturated heterocycles. The Morgan fingerprint density at radius 1 is 1.17 bits per heavy atom. The van der Waals surface area contributed by atoms with Crippen molar-refractivity contribution < 1.29 is 4.79 Å². The van der Waals surface area contributed by atoms with Gasteiger partial charge in [-0.05, 0) is 72.4 Å². The van der Waals surface area contributed by atoms with Crippen LogP contribution in [0.15, 0.2) is 34.8 Å². The number of amides is 1. The van der Waals surface area contributed by atoms with Gasteiger partial charge in [-0.1, -0.05) is 6.07 Å². The number of hydrogen-bond donors (Lipinski definition) is 1. The lowest BCUT2D eigenvalue weighted by atomic mass is 9.95. The molecule has 0 unspecified atom stereocenters. The Balaban J connectivity index is 1.58. The summed E-state index contributed by atoms with van der Waals surface area (Å²) < 4.78 is 0.920. The number of benzene rings is 1. The third-order valence-corrected chi connectivity index (χ3v) is 5.01. The number of piperidine rings is 1. The van der Waals surface area contributed by atoms with E-state index >= 15 is 0 Å². The zero-order valence-electron chi connectivity index (χ0n) is 13.9. The van der Waals surface area contributed by atoms with Gasteiger partial charge in [0.25, 0.3) is 0 Å². The maximum atomic E-state index is 12.5. The van der Waals surface area contributed by atoms with E-state index in [9.17, 15) is 4.79 Å². The zero-order valence-corrected chi connectivity index (χ0v) is 15.5. The Morgan fingerprint density at radius 3 is 2.54 bits per heavy atom. The molecule has 0 radical (unpaired) electrons. The highest BCUT2D eigenvalue weighted by molar-refractivity contribution is 9.10. The van der Waals surface area contributed by atoms with Crippen LogP contribution in [0, 0.1) is 19.8 Å². The molecule has 1 aliphatic rings. The summed E-state index contributed by atoms with van der Waals surface area (Å²) in [5.41, 5.74) is 2.90. The molecule has 0 bridgehead atoms. The molecule has 1 aromatic heterocycles. The molecule has 0 spiro atoms. The van der Waals surface area contributed by atoms with Crippen molar-refractivity contribution in [2.45, 2.75) is 26.7 Å². The summed E-state index contributed by atoms with van der Waals surface area (Å²) in [5.74, 6) is 1.02. The molecule has 2 heterocycles. The van der Waals surface area contributed by atoms with E-state index in [4.69, 9.17) is 0 Å². The highest BCUT2D eigenvalue weighted by atomic mass is 79.9. The van der Waals surface area contributed by atoms with E-state index in [0.717, 1.165) is 53.2 Å². The average Bonchev–Trinajstić information content (AvgIpc) is 2.58. The molecule has 0 aliphatic carbocycles. The van der Waals surface area contributed by atoms with Crippen molar-refractivity contribution in [3.63, 3.8) is 0 Å². The fourth-order valence-electron chi connectivity index (χ4n) is 2.89. The summed E-state index contributed by atoms with van der Waals surface area (Å²) in [7, 11) is 0. The molecule has 3 rings (SSSR count). The van der Waals surface area contributed by atoms with Crippen LogP contribution in [0.5, 0.6) is 0 Å². The molecule has 6 heteroatoms. The summed E-state index contributed by atoms with van der Waals surface area (Å²) in [4.78, 5) is 14.7. The summed E-state index contributed by atoms with van der Waals surface area (Å²) in [6.45, 7) is 5.60. The number of aryl methyl sites for hydroxylation is 2. The summed E-state index contributed by atoms with van der Waals surface area (Å²) in [5, 5.41) is 11.4. The number of nitrogens with one attached hydrogen (secondary N) is 1. The first-order chi connectivity index (χ1) is 11.5. The lowest BCUT2D eigenvalue weighted by Crippen LogP contribution is -2.38. The van der Waals surface area contributed by atoms with Crippen LogP contribution >= 0.6 is 15.9 Å². The Bertz CT molecular complexity index is 724. The smallest absolute Gasteiger partial charge is 0.227 e. The first kappa shape index (κ1) is 16.9. The molecule has 126 valence electrons. The zero-order chi connectivity index (χ0) is 17.1. The van der Waals surface area contributed by atoms with Crippen LogP contribution in [0.1, 0.15) is 24.1 Å².